The normalized spacial score (nSPS) is 18.9. The fraction of sp³-hybridized carbons (Fsp3) is 0.533. The molecule has 1 saturated heterocycles. The van der Waals surface area contributed by atoms with Gasteiger partial charge in [-0.25, -0.2) is 0 Å². The van der Waals surface area contributed by atoms with E-state index in [9.17, 15) is 4.79 Å². The van der Waals surface area contributed by atoms with Crippen molar-refractivity contribution in [1.82, 2.24) is 4.90 Å². The highest BCUT2D eigenvalue weighted by Crippen LogP contribution is 2.14. The Morgan fingerprint density at radius 2 is 2.22 bits per heavy atom. The molecule has 3 heteroatoms. The van der Waals surface area contributed by atoms with Crippen LogP contribution in [0, 0.1) is 6.92 Å². The molecule has 0 bridgehead atoms. The van der Waals surface area contributed by atoms with E-state index in [0.29, 0.717) is 13.0 Å². The van der Waals surface area contributed by atoms with Crippen LogP contribution in [0.1, 0.15) is 24.0 Å². The maximum absolute atomic E-state index is 12.1. The summed E-state index contributed by atoms with van der Waals surface area (Å²) in [5.74, 6) is 0.166. The molecule has 0 aliphatic carbocycles. The predicted molar refractivity (Wildman–Crippen MR) is 71.5 cm³/mol. The van der Waals surface area contributed by atoms with Crippen molar-refractivity contribution in [3.05, 3.63) is 35.4 Å². The SMILES string of the molecule is Cc1ccccc1CC(=O)N(C)CC1CCCO1. The zero-order chi connectivity index (χ0) is 13.0. The van der Waals surface area contributed by atoms with E-state index >= 15 is 0 Å². The molecule has 18 heavy (non-hydrogen) atoms. The van der Waals surface area contributed by atoms with Crippen molar-refractivity contribution in [3.63, 3.8) is 0 Å². The number of ether oxygens (including phenoxy) is 1. The first-order valence-electron chi connectivity index (χ1n) is 6.57. The number of hydrogen-bond donors (Lipinski definition) is 0. The topological polar surface area (TPSA) is 29.5 Å². The van der Waals surface area contributed by atoms with Crippen LogP contribution < -0.4 is 0 Å². The van der Waals surface area contributed by atoms with Gasteiger partial charge in [-0.05, 0) is 30.9 Å². The van der Waals surface area contributed by atoms with Gasteiger partial charge in [0.2, 0.25) is 5.91 Å². The molecule has 1 fully saturated rings. The minimum absolute atomic E-state index is 0.166. The highest BCUT2D eigenvalue weighted by atomic mass is 16.5. The van der Waals surface area contributed by atoms with Crippen molar-refractivity contribution in [1.29, 1.82) is 0 Å². The summed E-state index contributed by atoms with van der Waals surface area (Å²) in [6.45, 7) is 3.60. The summed E-state index contributed by atoms with van der Waals surface area (Å²) in [4.78, 5) is 13.9. The van der Waals surface area contributed by atoms with Crippen molar-refractivity contribution in [3.8, 4) is 0 Å². The van der Waals surface area contributed by atoms with Crippen LogP contribution in [0.2, 0.25) is 0 Å². The molecule has 0 N–H and O–H groups in total. The third-order valence-electron chi connectivity index (χ3n) is 3.53. The van der Waals surface area contributed by atoms with Gasteiger partial charge < -0.3 is 9.64 Å². The third kappa shape index (κ3) is 3.33. The van der Waals surface area contributed by atoms with E-state index in [4.69, 9.17) is 4.74 Å². The number of nitrogens with zero attached hydrogens (tertiary/aromatic N) is 1. The maximum atomic E-state index is 12.1. The highest BCUT2D eigenvalue weighted by molar-refractivity contribution is 5.78. The van der Waals surface area contributed by atoms with Crippen molar-refractivity contribution >= 4 is 5.91 Å². The number of carbonyl (C=O) groups is 1. The average molecular weight is 247 g/mol. The number of amides is 1. The van der Waals surface area contributed by atoms with E-state index in [2.05, 4.69) is 0 Å². The molecule has 0 spiro atoms. The molecular formula is C15H21NO2. The molecule has 1 aromatic carbocycles. The van der Waals surface area contributed by atoms with Crippen LogP contribution in [0.25, 0.3) is 0 Å². The van der Waals surface area contributed by atoms with E-state index in [1.165, 1.54) is 5.56 Å². The van der Waals surface area contributed by atoms with Crippen LogP contribution in [-0.4, -0.2) is 37.1 Å². The maximum Gasteiger partial charge on any atom is 0.226 e. The van der Waals surface area contributed by atoms with Crippen LogP contribution in [0.4, 0.5) is 0 Å². The first-order valence-corrected chi connectivity index (χ1v) is 6.57. The zero-order valence-corrected chi connectivity index (χ0v) is 11.2. The third-order valence-corrected chi connectivity index (χ3v) is 3.53. The number of hydrogen-bond acceptors (Lipinski definition) is 2. The van der Waals surface area contributed by atoms with Gasteiger partial charge in [0.25, 0.3) is 0 Å². The first-order chi connectivity index (χ1) is 8.66. The molecule has 1 aliphatic rings. The monoisotopic (exact) mass is 247 g/mol. The Kier molecular flexibility index (Phi) is 4.37. The smallest absolute Gasteiger partial charge is 0.226 e. The van der Waals surface area contributed by atoms with Crippen molar-refractivity contribution in [2.45, 2.75) is 32.3 Å². The minimum atomic E-state index is 0.166. The van der Waals surface area contributed by atoms with Crippen LogP contribution in [0.15, 0.2) is 24.3 Å². The van der Waals surface area contributed by atoms with Gasteiger partial charge in [0.1, 0.15) is 0 Å². The van der Waals surface area contributed by atoms with Gasteiger partial charge in [0, 0.05) is 20.2 Å². The average Bonchev–Trinajstić information content (AvgIpc) is 2.84. The second-order valence-corrected chi connectivity index (χ2v) is 5.01. The zero-order valence-electron chi connectivity index (χ0n) is 11.2. The molecule has 98 valence electrons. The van der Waals surface area contributed by atoms with E-state index in [1.54, 1.807) is 4.90 Å². The largest absolute Gasteiger partial charge is 0.376 e. The summed E-state index contributed by atoms with van der Waals surface area (Å²) < 4.78 is 5.55. The molecule has 2 rings (SSSR count). The summed E-state index contributed by atoms with van der Waals surface area (Å²) in [5, 5.41) is 0. The van der Waals surface area contributed by atoms with E-state index in [-0.39, 0.29) is 12.0 Å². The molecule has 1 aliphatic heterocycles. The quantitative estimate of drug-likeness (QED) is 0.816. The summed E-state index contributed by atoms with van der Waals surface area (Å²) in [6, 6.07) is 8.05. The van der Waals surface area contributed by atoms with Crippen LogP contribution in [0.3, 0.4) is 0 Å². The lowest BCUT2D eigenvalue weighted by Crippen LogP contribution is -2.35. The van der Waals surface area contributed by atoms with Crippen molar-refractivity contribution < 1.29 is 9.53 Å². The molecule has 1 unspecified atom stereocenters. The number of aryl methyl sites for hydroxylation is 1. The van der Waals surface area contributed by atoms with Gasteiger partial charge in [0.15, 0.2) is 0 Å². The van der Waals surface area contributed by atoms with Gasteiger partial charge in [-0.3, -0.25) is 4.79 Å². The van der Waals surface area contributed by atoms with Crippen molar-refractivity contribution in [2.24, 2.45) is 0 Å². The summed E-state index contributed by atoms with van der Waals surface area (Å²) in [6.07, 6.45) is 2.90. The molecular weight excluding hydrogens is 226 g/mol. The lowest BCUT2D eigenvalue weighted by Gasteiger charge is -2.21. The fourth-order valence-corrected chi connectivity index (χ4v) is 2.30. The molecule has 1 heterocycles. The standard InChI is InChI=1S/C15H21NO2/c1-12-6-3-4-7-13(12)10-15(17)16(2)11-14-8-5-9-18-14/h3-4,6-7,14H,5,8-11H2,1-2H3. The molecule has 0 saturated carbocycles. The van der Waals surface area contributed by atoms with Gasteiger partial charge in [-0.2, -0.15) is 0 Å². The van der Waals surface area contributed by atoms with Crippen LogP contribution in [0.5, 0.6) is 0 Å². The van der Waals surface area contributed by atoms with Gasteiger partial charge >= 0.3 is 0 Å². The Morgan fingerprint density at radius 3 is 2.89 bits per heavy atom. The van der Waals surface area contributed by atoms with E-state index in [1.807, 2.05) is 38.2 Å². The van der Waals surface area contributed by atoms with E-state index in [0.717, 1.165) is 25.0 Å². The Labute approximate surface area is 109 Å². The van der Waals surface area contributed by atoms with Crippen molar-refractivity contribution in [2.75, 3.05) is 20.2 Å². The molecule has 0 radical (unpaired) electrons. The lowest BCUT2D eigenvalue weighted by atomic mass is 10.1. The second-order valence-electron chi connectivity index (χ2n) is 5.01. The molecule has 1 atom stereocenters. The minimum Gasteiger partial charge on any atom is -0.376 e. The Bertz CT molecular complexity index is 411. The van der Waals surface area contributed by atoms with Gasteiger partial charge in [-0.1, -0.05) is 24.3 Å². The molecule has 0 aromatic heterocycles. The molecule has 3 nitrogen and oxygen atoms in total. The summed E-state index contributed by atoms with van der Waals surface area (Å²) in [7, 11) is 1.86. The number of rotatable bonds is 4. The van der Waals surface area contributed by atoms with Crippen LogP contribution >= 0.6 is 0 Å². The summed E-state index contributed by atoms with van der Waals surface area (Å²) in [5.41, 5.74) is 2.29. The summed E-state index contributed by atoms with van der Waals surface area (Å²) >= 11 is 0. The van der Waals surface area contributed by atoms with Crippen LogP contribution in [-0.2, 0) is 16.0 Å². The second kappa shape index (κ2) is 6.01. The van der Waals surface area contributed by atoms with Gasteiger partial charge in [0.05, 0.1) is 12.5 Å². The van der Waals surface area contributed by atoms with E-state index < -0.39 is 0 Å². The van der Waals surface area contributed by atoms with Gasteiger partial charge in [-0.15, -0.1) is 0 Å². The fourth-order valence-electron chi connectivity index (χ4n) is 2.30. The lowest BCUT2D eigenvalue weighted by molar-refractivity contribution is -0.130. The highest BCUT2D eigenvalue weighted by Gasteiger charge is 2.20. The number of carbonyl (C=O) groups excluding carboxylic acids is 1. The molecule has 1 aromatic rings. The Balaban J connectivity index is 1.89. The number of likely N-dealkylation sites (N-methyl/N-ethyl adjacent to an activating group) is 1. The molecule has 1 amide bonds. The first kappa shape index (κ1) is 13.1. The predicted octanol–water partition coefficient (Wildman–Crippen LogP) is 2.17. The Morgan fingerprint density at radius 1 is 1.44 bits per heavy atom. The Hall–Kier alpha value is -1.35. The number of benzene rings is 1.